The highest BCUT2D eigenvalue weighted by molar-refractivity contribution is 7.92. The minimum atomic E-state index is -3.39. The lowest BCUT2D eigenvalue weighted by Crippen LogP contribution is -2.22. The number of aliphatic hydroxyl groups excluding tert-OH is 1. The smallest absolute Gasteiger partial charge is 0.181 e. The zero-order valence-electron chi connectivity index (χ0n) is 9.54. The summed E-state index contributed by atoms with van der Waals surface area (Å²) in [4.78, 5) is 0.288. The molecular weight excluding hydrogens is 236 g/mol. The Hall–Kier alpha value is -1.35. The van der Waals surface area contributed by atoms with E-state index in [1.54, 1.807) is 36.4 Å². The van der Waals surface area contributed by atoms with Gasteiger partial charge in [0.05, 0.1) is 10.1 Å². The van der Waals surface area contributed by atoms with Gasteiger partial charge in [-0.3, -0.25) is 0 Å². The SMILES string of the molecule is C=C=CCC(CCO)S(=O)(=O)c1ccccc1. The van der Waals surface area contributed by atoms with Gasteiger partial charge < -0.3 is 5.11 Å². The van der Waals surface area contributed by atoms with Crippen molar-refractivity contribution < 1.29 is 13.5 Å². The van der Waals surface area contributed by atoms with Crippen LogP contribution < -0.4 is 0 Å². The molecule has 1 N–H and O–H groups in total. The van der Waals surface area contributed by atoms with Crippen molar-refractivity contribution in [3.63, 3.8) is 0 Å². The summed E-state index contributed by atoms with van der Waals surface area (Å²) in [6, 6.07) is 8.27. The van der Waals surface area contributed by atoms with E-state index in [0.717, 1.165) is 0 Å². The number of hydrogen-bond donors (Lipinski definition) is 1. The Labute approximate surface area is 102 Å². The minimum Gasteiger partial charge on any atom is -0.396 e. The average molecular weight is 252 g/mol. The molecule has 0 aliphatic carbocycles. The second kappa shape index (κ2) is 6.40. The first-order valence-electron chi connectivity index (χ1n) is 5.37. The first-order valence-corrected chi connectivity index (χ1v) is 6.91. The van der Waals surface area contributed by atoms with Gasteiger partial charge in [0.25, 0.3) is 0 Å². The van der Waals surface area contributed by atoms with Crippen LogP contribution >= 0.6 is 0 Å². The summed E-state index contributed by atoms with van der Waals surface area (Å²) in [6.07, 6.45) is 2.12. The van der Waals surface area contributed by atoms with Crippen molar-refractivity contribution in [2.45, 2.75) is 23.0 Å². The second-order valence-electron chi connectivity index (χ2n) is 3.64. The van der Waals surface area contributed by atoms with Gasteiger partial charge >= 0.3 is 0 Å². The summed E-state index contributed by atoms with van der Waals surface area (Å²) in [5.74, 6) is 0. The molecule has 0 aliphatic heterocycles. The van der Waals surface area contributed by atoms with Gasteiger partial charge in [-0.05, 0) is 31.1 Å². The van der Waals surface area contributed by atoms with Crippen molar-refractivity contribution in [2.24, 2.45) is 0 Å². The maximum absolute atomic E-state index is 12.2. The second-order valence-corrected chi connectivity index (χ2v) is 5.86. The average Bonchev–Trinajstić information content (AvgIpc) is 2.35. The van der Waals surface area contributed by atoms with E-state index >= 15 is 0 Å². The van der Waals surface area contributed by atoms with Crippen molar-refractivity contribution in [1.29, 1.82) is 0 Å². The third kappa shape index (κ3) is 3.56. The highest BCUT2D eigenvalue weighted by Crippen LogP contribution is 2.20. The highest BCUT2D eigenvalue weighted by Gasteiger charge is 2.25. The van der Waals surface area contributed by atoms with Crippen LogP contribution in [-0.4, -0.2) is 25.4 Å². The Morgan fingerprint density at radius 3 is 2.53 bits per heavy atom. The lowest BCUT2D eigenvalue weighted by atomic mass is 10.2. The molecule has 3 nitrogen and oxygen atoms in total. The predicted molar refractivity (Wildman–Crippen MR) is 67.4 cm³/mol. The van der Waals surface area contributed by atoms with Crippen LogP contribution in [0.1, 0.15) is 12.8 Å². The number of rotatable bonds is 6. The van der Waals surface area contributed by atoms with Crippen molar-refractivity contribution in [2.75, 3.05) is 6.61 Å². The summed E-state index contributed by atoms with van der Waals surface area (Å²) in [7, 11) is -3.39. The summed E-state index contributed by atoms with van der Waals surface area (Å²) >= 11 is 0. The summed E-state index contributed by atoms with van der Waals surface area (Å²) in [5, 5.41) is 8.31. The molecule has 0 fully saturated rings. The first kappa shape index (κ1) is 13.7. The number of allylic oxidation sites excluding steroid dienone is 1. The third-order valence-corrected chi connectivity index (χ3v) is 4.72. The van der Waals surface area contributed by atoms with Gasteiger partial charge in [0, 0.05) is 6.61 Å². The molecule has 1 aromatic rings. The molecule has 0 heterocycles. The Morgan fingerprint density at radius 1 is 1.35 bits per heavy atom. The van der Waals surface area contributed by atoms with E-state index in [1.165, 1.54) is 0 Å². The van der Waals surface area contributed by atoms with Gasteiger partial charge in [0.15, 0.2) is 9.84 Å². The topological polar surface area (TPSA) is 54.4 Å². The van der Waals surface area contributed by atoms with E-state index in [4.69, 9.17) is 5.11 Å². The van der Waals surface area contributed by atoms with E-state index in [9.17, 15) is 8.42 Å². The standard InChI is InChI=1S/C13H16O3S/c1-2-3-7-13(10-11-14)17(15,16)12-8-5-4-6-9-12/h3-6,8-9,13-14H,1,7,10-11H2. The normalized spacial score (nSPS) is 12.8. The molecular formula is C13H16O3S. The molecule has 92 valence electrons. The van der Waals surface area contributed by atoms with Crippen LogP contribution in [0, 0.1) is 0 Å². The molecule has 0 amide bonds. The number of aliphatic hydroxyl groups is 1. The van der Waals surface area contributed by atoms with Crippen molar-refractivity contribution in [3.8, 4) is 0 Å². The van der Waals surface area contributed by atoms with Crippen molar-refractivity contribution in [3.05, 3.63) is 48.7 Å². The number of hydrogen-bond acceptors (Lipinski definition) is 3. The monoisotopic (exact) mass is 252 g/mol. The van der Waals surface area contributed by atoms with Gasteiger partial charge in [0.2, 0.25) is 0 Å². The van der Waals surface area contributed by atoms with E-state index in [0.29, 0.717) is 6.42 Å². The Kier molecular flexibility index (Phi) is 5.16. The van der Waals surface area contributed by atoms with Crippen LogP contribution in [0.2, 0.25) is 0 Å². The van der Waals surface area contributed by atoms with Gasteiger partial charge in [-0.15, -0.1) is 5.73 Å². The van der Waals surface area contributed by atoms with Crippen LogP contribution in [0.4, 0.5) is 0 Å². The molecule has 4 heteroatoms. The largest absolute Gasteiger partial charge is 0.396 e. The number of benzene rings is 1. The van der Waals surface area contributed by atoms with Gasteiger partial charge in [-0.1, -0.05) is 24.8 Å². The lowest BCUT2D eigenvalue weighted by molar-refractivity contribution is 0.285. The molecule has 1 rings (SSSR count). The molecule has 0 bridgehead atoms. The van der Waals surface area contributed by atoms with Gasteiger partial charge in [-0.2, -0.15) is 0 Å². The van der Waals surface area contributed by atoms with E-state index < -0.39 is 15.1 Å². The Morgan fingerprint density at radius 2 is 2.00 bits per heavy atom. The van der Waals surface area contributed by atoms with Crippen LogP contribution in [0.15, 0.2) is 53.6 Å². The van der Waals surface area contributed by atoms with E-state index in [1.807, 2.05) is 0 Å². The highest BCUT2D eigenvalue weighted by atomic mass is 32.2. The molecule has 0 spiro atoms. The van der Waals surface area contributed by atoms with E-state index in [-0.39, 0.29) is 17.9 Å². The molecule has 1 unspecified atom stereocenters. The summed E-state index contributed by atoms with van der Waals surface area (Å²) < 4.78 is 24.5. The summed E-state index contributed by atoms with van der Waals surface area (Å²) in [5.41, 5.74) is 2.56. The third-order valence-electron chi connectivity index (χ3n) is 2.49. The molecule has 1 atom stereocenters. The summed E-state index contributed by atoms with van der Waals surface area (Å²) in [6.45, 7) is 3.26. The van der Waals surface area contributed by atoms with Crippen LogP contribution in [0.25, 0.3) is 0 Å². The Balaban J connectivity index is 3.04. The van der Waals surface area contributed by atoms with Crippen LogP contribution in [0.5, 0.6) is 0 Å². The number of sulfone groups is 1. The van der Waals surface area contributed by atoms with Crippen LogP contribution in [0.3, 0.4) is 0 Å². The Bertz CT molecular complexity index is 485. The maximum atomic E-state index is 12.2. The zero-order valence-corrected chi connectivity index (χ0v) is 10.4. The first-order chi connectivity index (χ1) is 8.12. The van der Waals surface area contributed by atoms with Crippen molar-refractivity contribution >= 4 is 9.84 Å². The predicted octanol–water partition coefficient (Wildman–Crippen LogP) is 1.94. The molecule has 0 aliphatic rings. The fourth-order valence-electron chi connectivity index (χ4n) is 1.56. The molecule has 0 aromatic heterocycles. The fraction of sp³-hybridized carbons (Fsp3) is 0.308. The maximum Gasteiger partial charge on any atom is 0.181 e. The molecule has 17 heavy (non-hydrogen) atoms. The minimum absolute atomic E-state index is 0.151. The van der Waals surface area contributed by atoms with Crippen molar-refractivity contribution in [1.82, 2.24) is 0 Å². The fourth-order valence-corrected chi connectivity index (χ4v) is 3.25. The van der Waals surface area contributed by atoms with Gasteiger partial charge in [-0.25, -0.2) is 8.42 Å². The van der Waals surface area contributed by atoms with Gasteiger partial charge in [0.1, 0.15) is 0 Å². The molecule has 0 saturated carbocycles. The lowest BCUT2D eigenvalue weighted by Gasteiger charge is -2.14. The molecule has 1 aromatic carbocycles. The molecule has 0 radical (unpaired) electrons. The zero-order chi connectivity index (χ0) is 12.7. The molecule has 0 saturated heterocycles. The quantitative estimate of drug-likeness (QED) is 0.787. The van der Waals surface area contributed by atoms with E-state index in [2.05, 4.69) is 12.3 Å². The van der Waals surface area contributed by atoms with Crippen LogP contribution in [-0.2, 0) is 9.84 Å².